The molecule has 17 heavy (non-hydrogen) atoms. The molecule has 1 fully saturated rings. The number of aliphatic hydroxyl groups is 1. The van der Waals surface area contributed by atoms with Crippen molar-refractivity contribution < 1.29 is 19.1 Å². The van der Waals surface area contributed by atoms with Gasteiger partial charge in [-0.3, -0.25) is 0 Å². The first-order valence-electron chi connectivity index (χ1n) is 5.12. The summed E-state index contributed by atoms with van der Waals surface area (Å²) in [4.78, 5) is 11.7. The van der Waals surface area contributed by atoms with Gasteiger partial charge in [0.05, 0.1) is 18.8 Å². The maximum atomic E-state index is 11.7. The highest BCUT2D eigenvalue weighted by molar-refractivity contribution is 5.92. The van der Waals surface area contributed by atoms with Crippen LogP contribution in [0.5, 0.6) is 5.95 Å². The van der Waals surface area contributed by atoms with Crippen LogP contribution < -0.4 is 20.8 Å². The number of furan rings is 1. The molecule has 8 heteroatoms. The molecule has 0 atom stereocenters. The molecule has 2 rings (SSSR count). The maximum Gasteiger partial charge on any atom is 0.355 e. The third-order valence-electron chi connectivity index (χ3n) is 2.32. The van der Waals surface area contributed by atoms with Gasteiger partial charge in [0.1, 0.15) is 12.0 Å². The van der Waals surface area contributed by atoms with Crippen molar-refractivity contribution in [2.24, 2.45) is 0 Å². The van der Waals surface area contributed by atoms with Gasteiger partial charge in [-0.2, -0.15) is 0 Å². The minimum absolute atomic E-state index is 0.217. The van der Waals surface area contributed by atoms with Gasteiger partial charge in [-0.15, -0.1) is 11.1 Å². The van der Waals surface area contributed by atoms with Crippen molar-refractivity contribution in [3.05, 3.63) is 11.8 Å². The van der Waals surface area contributed by atoms with E-state index in [4.69, 9.17) is 9.15 Å². The van der Waals surface area contributed by atoms with Gasteiger partial charge >= 0.3 is 6.03 Å². The molecule has 1 aromatic rings. The largest absolute Gasteiger partial charge is 0.465 e. The van der Waals surface area contributed by atoms with Crippen molar-refractivity contribution in [1.29, 1.82) is 0 Å². The second-order valence-electron chi connectivity index (χ2n) is 3.38. The molecule has 8 nitrogen and oxygen atoms in total. The van der Waals surface area contributed by atoms with E-state index < -0.39 is 0 Å². The zero-order valence-corrected chi connectivity index (χ0v) is 9.56. The fraction of sp³-hybridized carbons (Fsp3) is 0.444. The van der Waals surface area contributed by atoms with Crippen molar-refractivity contribution in [1.82, 2.24) is 16.1 Å². The number of ether oxygens (including phenoxy) is 1. The van der Waals surface area contributed by atoms with Crippen LogP contribution in [0.15, 0.2) is 10.7 Å². The highest BCUT2D eigenvalue weighted by atomic mass is 16.6. The second-order valence-corrected chi connectivity index (χ2v) is 3.38. The molecule has 0 spiro atoms. The van der Waals surface area contributed by atoms with Crippen molar-refractivity contribution in [2.45, 2.75) is 13.5 Å². The second kappa shape index (κ2) is 4.62. The first kappa shape index (κ1) is 11.7. The van der Waals surface area contributed by atoms with E-state index in [1.54, 1.807) is 14.0 Å². The third kappa shape index (κ3) is 1.93. The molecule has 0 radical (unpaired) electrons. The van der Waals surface area contributed by atoms with Crippen LogP contribution in [0, 0.1) is 0 Å². The van der Waals surface area contributed by atoms with Gasteiger partial charge in [-0.05, 0) is 6.92 Å². The summed E-state index contributed by atoms with van der Waals surface area (Å²) in [6, 6.07) is -0.316. The van der Waals surface area contributed by atoms with Gasteiger partial charge in [0.25, 0.3) is 5.95 Å². The summed E-state index contributed by atoms with van der Waals surface area (Å²) < 4.78 is 10.4. The Morgan fingerprint density at radius 3 is 2.82 bits per heavy atom. The predicted molar refractivity (Wildman–Crippen MR) is 57.7 cm³/mol. The van der Waals surface area contributed by atoms with Crippen molar-refractivity contribution in [3.8, 4) is 5.95 Å². The lowest BCUT2D eigenvalue weighted by Gasteiger charge is -2.12. The first-order valence-corrected chi connectivity index (χ1v) is 5.12. The molecule has 94 valence electrons. The Hall–Kier alpha value is -1.77. The molecule has 2 heterocycles. The Balaban J connectivity index is 2.29. The number of carbonyl (C=O) groups is 1. The molecule has 0 saturated carbocycles. The van der Waals surface area contributed by atoms with Gasteiger partial charge in [0.2, 0.25) is 0 Å². The quantitative estimate of drug-likeness (QED) is 0.686. The van der Waals surface area contributed by atoms with Gasteiger partial charge in [-0.25, -0.2) is 14.8 Å². The summed E-state index contributed by atoms with van der Waals surface area (Å²) in [7, 11) is 1.57. The van der Waals surface area contributed by atoms with Gasteiger partial charge in [-0.1, -0.05) is 0 Å². The van der Waals surface area contributed by atoms with E-state index in [1.807, 2.05) is 0 Å². The van der Waals surface area contributed by atoms with Crippen LogP contribution in [0.25, 0.3) is 0 Å². The summed E-state index contributed by atoms with van der Waals surface area (Å²) in [5.74, 6) is 0.217. The van der Waals surface area contributed by atoms with Crippen molar-refractivity contribution >= 4 is 11.7 Å². The Labute approximate surface area is 97.6 Å². The number of hydrazine groups is 3. The number of aliphatic hydroxyl groups excluding tert-OH is 1. The third-order valence-corrected chi connectivity index (χ3v) is 2.32. The minimum atomic E-state index is -0.316. The Bertz CT molecular complexity index is 419. The lowest BCUT2D eigenvalue weighted by molar-refractivity contribution is 0.214. The standard InChI is InChI=1S/C9H14N4O4/c1-3-16-8-6(4-14)7(5-17-8)13-9(15)12(2)10-11-13/h5,10-11,14H,3-4H2,1-2H3. The molecule has 0 aromatic carbocycles. The smallest absolute Gasteiger partial charge is 0.355 e. The average Bonchev–Trinajstić information content (AvgIpc) is 2.85. The molecule has 3 N–H and O–H groups in total. The topological polar surface area (TPSA) is 90.2 Å². The monoisotopic (exact) mass is 242 g/mol. The summed E-state index contributed by atoms with van der Waals surface area (Å²) in [5.41, 5.74) is 6.08. The van der Waals surface area contributed by atoms with Gasteiger partial charge in [0.15, 0.2) is 0 Å². The lowest BCUT2D eigenvalue weighted by Crippen LogP contribution is -2.38. The van der Waals surface area contributed by atoms with E-state index in [2.05, 4.69) is 11.1 Å². The van der Waals surface area contributed by atoms with Gasteiger partial charge < -0.3 is 14.3 Å². The average molecular weight is 242 g/mol. The van der Waals surface area contributed by atoms with E-state index in [0.717, 1.165) is 0 Å². The molecule has 0 bridgehead atoms. The molecule has 0 unspecified atom stereocenters. The summed E-state index contributed by atoms with van der Waals surface area (Å²) in [6.45, 7) is 1.94. The number of nitrogens with one attached hydrogen (secondary N) is 2. The number of hydrogen-bond acceptors (Lipinski definition) is 6. The first-order chi connectivity index (χ1) is 8.19. The van der Waals surface area contributed by atoms with E-state index >= 15 is 0 Å². The van der Waals surface area contributed by atoms with Crippen LogP contribution in [0.3, 0.4) is 0 Å². The SMILES string of the molecule is CCOc1occ(N2NNN(C)C2=O)c1CO. The van der Waals surface area contributed by atoms with E-state index in [9.17, 15) is 9.90 Å². The zero-order chi connectivity index (χ0) is 12.4. The number of nitrogens with zero attached hydrogens (tertiary/aromatic N) is 2. The molecule has 1 aromatic heterocycles. The zero-order valence-electron chi connectivity index (χ0n) is 9.56. The fourth-order valence-electron chi connectivity index (χ4n) is 1.48. The Morgan fingerprint density at radius 1 is 1.53 bits per heavy atom. The van der Waals surface area contributed by atoms with E-state index in [-0.39, 0.29) is 18.6 Å². The number of rotatable bonds is 4. The van der Waals surface area contributed by atoms with Crippen LogP contribution in [0.4, 0.5) is 10.5 Å². The summed E-state index contributed by atoms with van der Waals surface area (Å²) in [6.07, 6.45) is 1.35. The Kier molecular flexibility index (Phi) is 3.18. The molecule has 1 saturated heterocycles. The van der Waals surface area contributed by atoms with E-state index in [1.165, 1.54) is 16.3 Å². The molecule has 2 amide bonds. The fourth-order valence-corrected chi connectivity index (χ4v) is 1.48. The molecule has 0 aliphatic carbocycles. The number of anilines is 1. The normalized spacial score (nSPS) is 15.8. The van der Waals surface area contributed by atoms with Crippen LogP contribution in [-0.4, -0.2) is 29.8 Å². The number of carbonyl (C=O) groups excluding carboxylic acids is 1. The van der Waals surface area contributed by atoms with E-state index in [0.29, 0.717) is 17.9 Å². The minimum Gasteiger partial charge on any atom is -0.465 e. The highest BCUT2D eigenvalue weighted by Crippen LogP contribution is 2.32. The van der Waals surface area contributed by atoms with Crippen LogP contribution in [0.1, 0.15) is 12.5 Å². The maximum absolute atomic E-state index is 11.7. The predicted octanol–water partition coefficient (Wildman–Crippen LogP) is -0.0334. The Morgan fingerprint density at radius 2 is 2.29 bits per heavy atom. The molecule has 1 aliphatic rings. The summed E-state index contributed by atoms with van der Waals surface area (Å²) >= 11 is 0. The molecular formula is C9H14N4O4. The van der Waals surface area contributed by atoms with Crippen LogP contribution in [0.2, 0.25) is 0 Å². The van der Waals surface area contributed by atoms with Crippen molar-refractivity contribution in [2.75, 3.05) is 18.7 Å². The van der Waals surface area contributed by atoms with Gasteiger partial charge in [0, 0.05) is 7.05 Å². The number of hydrogen-bond donors (Lipinski definition) is 3. The van der Waals surface area contributed by atoms with Crippen molar-refractivity contribution in [3.63, 3.8) is 0 Å². The van der Waals surface area contributed by atoms with Crippen LogP contribution in [-0.2, 0) is 6.61 Å². The molecule has 1 aliphatic heterocycles. The summed E-state index contributed by atoms with van der Waals surface area (Å²) in [5, 5.41) is 11.8. The number of urea groups is 1. The molecular weight excluding hydrogens is 228 g/mol. The number of amides is 2. The lowest BCUT2D eigenvalue weighted by atomic mass is 10.3. The van der Waals surface area contributed by atoms with Crippen LogP contribution >= 0.6 is 0 Å². The highest BCUT2D eigenvalue weighted by Gasteiger charge is 2.31.